The molecule has 0 radical (unpaired) electrons. The molecule has 0 amide bonds. The zero-order chi connectivity index (χ0) is 18.7. The molecule has 0 heterocycles. The number of carbonyl (C=O) groups excluding carboxylic acids is 1. The molecule has 3 aliphatic rings. The van der Waals surface area contributed by atoms with Gasteiger partial charge in [0.2, 0.25) is 0 Å². The summed E-state index contributed by atoms with van der Waals surface area (Å²) in [6, 6.07) is 0. The smallest absolute Gasteiger partial charge is 0.155 e. The molecule has 0 N–H and O–H groups in total. The van der Waals surface area contributed by atoms with Crippen molar-refractivity contribution in [1.82, 2.24) is 0 Å². The van der Waals surface area contributed by atoms with Crippen LogP contribution in [0.1, 0.15) is 106 Å². The van der Waals surface area contributed by atoms with Crippen LogP contribution < -0.4 is 0 Å². The summed E-state index contributed by atoms with van der Waals surface area (Å²) < 4.78 is 0. The van der Waals surface area contributed by atoms with Crippen LogP contribution in [0.3, 0.4) is 0 Å². The number of rotatable bonds is 4. The van der Waals surface area contributed by atoms with Crippen molar-refractivity contribution in [2.24, 2.45) is 28.6 Å². The molecule has 2 saturated carbocycles. The normalized spacial score (nSPS) is 40.3. The van der Waals surface area contributed by atoms with Crippen molar-refractivity contribution in [1.29, 1.82) is 0 Å². The summed E-state index contributed by atoms with van der Waals surface area (Å²) in [5, 5.41) is 0. The molecular weight excluding hydrogens is 304 g/mol. The van der Waals surface area contributed by atoms with Crippen LogP contribution in [-0.4, -0.2) is 5.78 Å². The van der Waals surface area contributed by atoms with E-state index < -0.39 is 0 Å². The summed E-state index contributed by atoms with van der Waals surface area (Å²) in [6.45, 7) is 13.8. The molecule has 0 saturated heterocycles. The molecular formula is C24H42O. The van der Waals surface area contributed by atoms with Crippen molar-refractivity contribution >= 4 is 5.78 Å². The molecule has 3 aliphatic carbocycles. The van der Waals surface area contributed by atoms with E-state index in [1.165, 1.54) is 56.9 Å². The maximum Gasteiger partial charge on any atom is 0.155 e. The molecule has 3 rings (SSSR count). The zero-order valence-electron chi connectivity index (χ0n) is 17.8. The fraction of sp³-hybridized carbons (Fsp3) is 0.875. The summed E-state index contributed by atoms with van der Waals surface area (Å²) in [5.41, 5.74) is 2.40. The standard InChI is InChI=1S/C22H36O.C2H6/c1-5-7-19-18-9-8-16-15-17(23)10-14-22(16,4)20(18)11-13-21(19,3)12-6-2;1-2/h15,18-20H,5-14H2,1-4H3;1-2H3. The first kappa shape index (κ1) is 20.7. The lowest BCUT2D eigenvalue weighted by molar-refractivity contribution is -0.117. The van der Waals surface area contributed by atoms with Gasteiger partial charge < -0.3 is 0 Å². The van der Waals surface area contributed by atoms with Gasteiger partial charge in [0.25, 0.3) is 0 Å². The van der Waals surface area contributed by atoms with Crippen LogP contribution in [0.2, 0.25) is 0 Å². The SMILES string of the molecule is CC.CCCC1C2CCC3=CC(=O)CCC3(C)C2CCC1(C)CCC. The molecule has 2 fully saturated rings. The number of fused-ring (bicyclic) bond motifs is 3. The van der Waals surface area contributed by atoms with Crippen LogP contribution in [0.15, 0.2) is 11.6 Å². The zero-order valence-corrected chi connectivity index (χ0v) is 17.8. The van der Waals surface area contributed by atoms with E-state index in [1.54, 1.807) is 0 Å². The lowest BCUT2D eigenvalue weighted by Crippen LogP contribution is -2.50. The monoisotopic (exact) mass is 346 g/mol. The second-order valence-corrected chi connectivity index (χ2v) is 9.20. The van der Waals surface area contributed by atoms with Crippen LogP contribution >= 0.6 is 0 Å². The molecule has 0 bridgehead atoms. The van der Waals surface area contributed by atoms with Crippen LogP contribution in [0.25, 0.3) is 0 Å². The molecule has 0 spiro atoms. The Bertz CT molecular complexity index is 490. The highest BCUT2D eigenvalue weighted by atomic mass is 16.1. The van der Waals surface area contributed by atoms with E-state index in [-0.39, 0.29) is 0 Å². The number of allylic oxidation sites excluding steroid dienone is 2. The number of hydrogen-bond donors (Lipinski definition) is 0. The summed E-state index contributed by atoms with van der Waals surface area (Å²) in [4.78, 5) is 11.9. The Kier molecular flexibility index (Phi) is 6.96. The molecule has 5 atom stereocenters. The Balaban J connectivity index is 0.00000109. The molecule has 144 valence electrons. The van der Waals surface area contributed by atoms with Gasteiger partial charge in [0.05, 0.1) is 0 Å². The van der Waals surface area contributed by atoms with Crippen molar-refractivity contribution < 1.29 is 4.79 Å². The highest BCUT2D eigenvalue weighted by Crippen LogP contribution is 2.63. The number of carbonyl (C=O) groups is 1. The van der Waals surface area contributed by atoms with Gasteiger partial charge in [0, 0.05) is 6.42 Å². The lowest BCUT2D eigenvalue weighted by Gasteiger charge is -2.59. The minimum atomic E-state index is 0.330. The van der Waals surface area contributed by atoms with Crippen LogP contribution in [0.5, 0.6) is 0 Å². The predicted molar refractivity (Wildman–Crippen MR) is 109 cm³/mol. The second-order valence-electron chi connectivity index (χ2n) is 9.20. The van der Waals surface area contributed by atoms with Crippen molar-refractivity contribution in [3.63, 3.8) is 0 Å². The number of hydrogen-bond acceptors (Lipinski definition) is 1. The third-order valence-electron chi connectivity index (χ3n) is 7.90. The molecule has 0 aromatic rings. The van der Waals surface area contributed by atoms with Gasteiger partial charge in [-0.2, -0.15) is 0 Å². The summed E-state index contributed by atoms with van der Waals surface area (Å²) in [6.07, 6.45) is 14.7. The maximum atomic E-state index is 11.9. The Labute approximate surface area is 157 Å². The quantitative estimate of drug-likeness (QED) is 0.520. The Morgan fingerprint density at radius 3 is 2.40 bits per heavy atom. The van der Waals surface area contributed by atoms with E-state index in [1.807, 2.05) is 19.9 Å². The first-order chi connectivity index (χ1) is 11.9. The minimum Gasteiger partial charge on any atom is -0.295 e. The van der Waals surface area contributed by atoms with Gasteiger partial charge in [0.15, 0.2) is 5.78 Å². The van der Waals surface area contributed by atoms with Crippen molar-refractivity contribution in [2.75, 3.05) is 0 Å². The second kappa shape index (κ2) is 8.40. The molecule has 0 aromatic heterocycles. The molecule has 1 heteroatoms. The van der Waals surface area contributed by atoms with Gasteiger partial charge in [0.1, 0.15) is 0 Å². The van der Waals surface area contributed by atoms with Gasteiger partial charge in [-0.1, -0.05) is 60.0 Å². The third-order valence-corrected chi connectivity index (χ3v) is 7.90. The van der Waals surface area contributed by atoms with E-state index in [2.05, 4.69) is 27.7 Å². The average Bonchev–Trinajstić information content (AvgIpc) is 2.60. The Morgan fingerprint density at radius 2 is 1.76 bits per heavy atom. The lowest BCUT2D eigenvalue weighted by atomic mass is 9.46. The molecule has 5 unspecified atom stereocenters. The first-order valence-corrected chi connectivity index (χ1v) is 11.2. The van der Waals surface area contributed by atoms with Gasteiger partial charge in [-0.15, -0.1) is 0 Å². The van der Waals surface area contributed by atoms with Crippen molar-refractivity contribution in [3.05, 3.63) is 11.6 Å². The number of ketones is 1. The average molecular weight is 347 g/mol. The van der Waals surface area contributed by atoms with Crippen LogP contribution in [0.4, 0.5) is 0 Å². The van der Waals surface area contributed by atoms with E-state index in [0.29, 0.717) is 16.6 Å². The van der Waals surface area contributed by atoms with Gasteiger partial charge in [-0.05, 0) is 79.6 Å². The van der Waals surface area contributed by atoms with Crippen LogP contribution in [-0.2, 0) is 4.79 Å². The summed E-state index contributed by atoms with van der Waals surface area (Å²) in [7, 11) is 0. The van der Waals surface area contributed by atoms with Crippen molar-refractivity contribution in [3.8, 4) is 0 Å². The van der Waals surface area contributed by atoms with Crippen molar-refractivity contribution in [2.45, 2.75) is 106 Å². The first-order valence-electron chi connectivity index (χ1n) is 11.2. The van der Waals surface area contributed by atoms with E-state index in [9.17, 15) is 4.79 Å². The maximum absolute atomic E-state index is 11.9. The molecule has 25 heavy (non-hydrogen) atoms. The van der Waals surface area contributed by atoms with Crippen LogP contribution in [0, 0.1) is 28.6 Å². The van der Waals surface area contributed by atoms with Gasteiger partial charge in [-0.25, -0.2) is 0 Å². The van der Waals surface area contributed by atoms with E-state index in [0.717, 1.165) is 30.6 Å². The van der Waals surface area contributed by atoms with E-state index >= 15 is 0 Å². The highest BCUT2D eigenvalue weighted by molar-refractivity contribution is 5.91. The fourth-order valence-electron chi connectivity index (χ4n) is 6.71. The molecule has 0 aliphatic heterocycles. The summed E-state index contributed by atoms with van der Waals surface area (Å²) in [5.74, 6) is 3.02. The largest absolute Gasteiger partial charge is 0.295 e. The van der Waals surface area contributed by atoms with Gasteiger partial charge >= 0.3 is 0 Å². The van der Waals surface area contributed by atoms with Gasteiger partial charge in [-0.3, -0.25) is 4.79 Å². The Hall–Kier alpha value is -0.590. The van der Waals surface area contributed by atoms with E-state index in [4.69, 9.17) is 0 Å². The molecule has 0 aromatic carbocycles. The predicted octanol–water partition coefficient (Wildman–Crippen LogP) is 7.35. The topological polar surface area (TPSA) is 17.1 Å². The fourth-order valence-corrected chi connectivity index (χ4v) is 6.71. The highest BCUT2D eigenvalue weighted by Gasteiger charge is 2.54. The summed E-state index contributed by atoms with van der Waals surface area (Å²) >= 11 is 0. The Morgan fingerprint density at radius 1 is 1.04 bits per heavy atom. The minimum absolute atomic E-state index is 0.330. The third kappa shape index (κ3) is 3.76. The molecule has 1 nitrogen and oxygen atoms in total.